The van der Waals surface area contributed by atoms with Gasteiger partial charge in [0, 0.05) is 13.2 Å². The van der Waals surface area contributed by atoms with Crippen molar-refractivity contribution >= 4 is 0 Å². The summed E-state index contributed by atoms with van der Waals surface area (Å²) >= 11 is 0. The first kappa shape index (κ1) is 10.7. The summed E-state index contributed by atoms with van der Waals surface area (Å²) in [5, 5.41) is 3.56. The van der Waals surface area contributed by atoms with Gasteiger partial charge in [-0.15, -0.1) is 0 Å². The molecule has 84 valence electrons. The lowest BCUT2D eigenvalue weighted by Gasteiger charge is -2.21. The quantitative estimate of drug-likeness (QED) is 0.781. The van der Waals surface area contributed by atoms with Gasteiger partial charge in [0.2, 0.25) is 0 Å². The van der Waals surface area contributed by atoms with Gasteiger partial charge in [0.05, 0.1) is 18.9 Å². The predicted octanol–water partition coefficient (Wildman–Crippen LogP) is 2.36. The molecule has 0 spiro atoms. The van der Waals surface area contributed by atoms with Crippen molar-refractivity contribution < 1.29 is 9.15 Å². The third-order valence-corrected chi connectivity index (χ3v) is 2.97. The molecular formula is C12H19NO2. The van der Waals surface area contributed by atoms with E-state index in [1.807, 2.05) is 12.1 Å². The number of nitrogens with one attached hydrogen (secondary N) is 1. The summed E-state index contributed by atoms with van der Waals surface area (Å²) in [4.78, 5) is 0. The highest BCUT2D eigenvalue weighted by Gasteiger charge is 2.32. The Hall–Kier alpha value is -0.800. The highest BCUT2D eigenvalue weighted by Crippen LogP contribution is 2.33. The van der Waals surface area contributed by atoms with Crippen LogP contribution in [-0.4, -0.2) is 19.8 Å². The van der Waals surface area contributed by atoms with Crippen LogP contribution < -0.4 is 5.32 Å². The molecule has 2 rings (SSSR count). The summed E-state index contributed by atoms with van der Waals surface area (Å²) in [6.45, 7) is 2.92. The lowest BCUT2D eigenvalue weighted by atomic mass is 10.1. The molecule has 1 saturated carbocycles. The van der Waals surface area contributed by atoms with Crippen LogP contribution in [0.5, 0.6) is 0 Å². The van der Waals surface area contributed by atoms with Gasteiger partial charge in [0.1, 0.15) is 5.76 Å². The molecule has 3 heteroatoms. The van der Waals surface area contributed by atoms with Gasteiger partial charge in [-0.3, -0.25) is 0 Å². The zero-order chi connectivity index (χ0) is 10.7. The van der Waals surface area contributed by atoms with Crippen molar-refractivity contribution in [3.05, 3.63) is 24.2 Å². The van der Waals surface area contributed by atoms with Crippen LogP contribution >= 0.6 is 0 Å². The van der Waals surface area contributed by atoms with Crippen molar-refractivity contribution in [3.8, 4) is 0 Å². The van der Waals surface area contributed by atoms with Gasteiger partial charge in [-0.25, -0.2) is 0 Å². The van der Waals surface area contributed by atoms with Crippen LogP contribution in [0.3, 0.4) is 0 Å². The SMILES string of the molecule is COCC(N[C@H](C)c1ccco1)C1CC1. The van der Waals surface area contributed by atoms with Crippen LogP contribution in [0, 0.1) is 5.92 Å². The Balaban J connectivity index is 1.88. The van der Waals surface area contributed by atoms with E-state index in [1.54, 1.807) is 13.4 Å². The predicted molar refractivity (Wildman–Crippen MR) is 58.6 cm³/mol. The molecule has 1 aliphatic rings. The highest BCUT2D eigenvalue weighted by atomic mass is 16.5. The molecule has 0 saturated heterocycles. The minimum atomic E-state index is 0.265. The molecule has 15 heavy (non-hydrogen) atoms. The number of hydrogen-bond acceptors (Lipinski definition) is 3. The Morgan fingerprint density at radius 3 is 2.93 bits per heavy atom. The van der Waals surface area contributed by atoms with Crippen LogP contribution in [-0.2, 0) is 4.74 Å². The average Bonchev–Trinajstić information content (AvgIpc) is 2.92. The van der Waals surface area contributed by atoms with Crippen LogP contribution in [0.4, 0.5) is 0 Å². The van der Waals surface area contributed by atoms with Crippen LogP contribution in [0.1, 0.15) is 31.6 Å². The van der Waals surface area contributed by atoms with Gasteiger partial charge >= 0.3 is 0 Å². The van der Waals surface area contributed by atoms with Crippen LogP contribution in [0.25, 0.3) is 0 Å². The number of methoxy groups -OCH3 is 1. The van der Waals surface area contributed by atoms with Crippen molar-refractivity contribution in [2.24, 2.45) is 5.92 Å². The molecule has 2 atom stereocenters. The van der Waals surface area contributed by atoms with Gasteiger partial charge in [0.25, 0.3) is 0 Å². The first-order valence-corrected chi connectivity index (χ1v) is 5.59. The first-order valence-electron chi connectivity index (χ1n) is 5.59. The average molecular weight is 209 g/mol. The summed E-state index contributed by atoms with van der Waals surface area (Å²) in [5.41, 5.74) is 0. The molecule has 1 fully saturated rings. The van der Waals surface area contributed by atoms with E-state index in [4.69, 9.17) is 9.15 Å². The molecular weight excluding hydrogens is 190 g/mol. The second kappa shape index (κ2) is 4.81. The smallest absolute Gasteiger partial charge is 0.120 e. The molecule has 1 heterocycles. The van der Waals surface area contributed by atoms with Crippen molar-refractivity contribution in [2.75, 3.05) is 13.7 Å². The van der Waals surface area contributed by atoms with Crippen molar-refractivity contribution in [2.45, 2.75) is 31.8 Å². The fourth-order valence-corrected chi connectivity index (χ4v) is 1.94. The van der Waals surface area contributed by atoms with Crippen molar-refractivity contribution in [1.29, 1.82) is 0 Å². The van der Waals surface area contributed by atoms with E-state index in [1.165, 1.54) is 12.8 Å². The Morgan fingerprint density at radius 1 is 1.60 bits per heavy atom. The summed E-state index contributed by atoms with van der Waals surface area (Å²) in [7, 11) is 1.76. The Labute approximate surface area is 90.8 Å². The normalized spacial score (nSPS) is 20.1. The lowest BCUT2D eigenvalue weighted by molar-refractivity contribution is 0.150. The monoisotopic (exact) mass is 209 g/mol. The second-order valence-corrected chi connectivity index (χ2v) is 4.30. The lowest BCUT2D eigenvalue weighted by Crippen LogP contribution is -2.36. The molecule has 1 aliphatic carbocycles. The van der Waals surface area contributed by atoms with Gasteiger partial charge in [-0.1, -0.05) is 0 Å². The minimum absolute atomic E-state index is 0.265. The fraction of sp³-hybridized carbons (Fsp3) is 0.667. The van der Waals surface area contributed by atoms with Gasteiger partial charge < -0.3 is 14.5 Å². The highest BCUT2D eigenvalue weighted by molar-refractivity contribution is 5.04. The van der Waals surface area contributed by atoms with E-state index in [9.17, 15) is 0 Å². The maximum atomic E-state index is 5.37. The molecule has 0 aromatic carbocycles. The number of ether oxygens (including phenoxy) is 1. The van der Waals surface area contributed by atoms with Gasteiger partial charge in [-0.2, -0.15) is 0 Å². The molecule has 1 N–H and O–H groups in total. The Bertz CT molecular complexity index is 280. The second-order valence-electron chi connectivity index (χ2n) is 4.30. The van der Waals surface area contributed by atoms with Gasteiger partial charge in [-0.05, 0) is 37.8 Å². The third-order valence-electron chi connectivity index (χ3n) is 2.97. The summed E-state index contributed by atoms with van der Waals surface area (Å²) < 4.78 is 10.6. The molecule has 0 bridgehead atoms. The Kier molecular flexibility index (Phi) is 3.44. The maximum Gasteiger partial charge on any atom is 0.120 e. The minimum Gasteiger partial charge on any atom is -0.468 e. The zero-order valence-corrected chi connectivity index (χ0v) is 9.40. The summed E-state index contributed by atoms with van der Waals surface area (Å²) in [6.07, 6.45) is 4.37. The van der Waals surface area contributed by atoms with E-state index in [0.29, 0.717) is 6.04 Å². The van der Waals surface area contributed by atoms with E-state index in [2.05, 4.69) is 12.2 Å². The number of furan rings is 1. The first-order chi connectivity index (χ1) is 7.31. The van der Waals surface area contributed by atoms with E-state index in [0.717, 1.165) is 18.3 Å². The summed E-state index contributed by atoms with van der Waals surface area (Å²) in [6, 6.07) is 4.67. The van der Waals surface area contributed by atoms with Crippen LogP contribution in [0.15, 0.2) is 22.8 Å². The maximum absolute atomic E-state index is 5.37. The number of hydrogen-bond donors (Lipinski definition) is 1. The fourth-order valence-electron chi connectivity index (χ4n) is 1.94. The standard InChI is InChI=1S/C12H19NO2/c1-9(12-4-3-7-15-12)13-11(8-14-2)10-5-6-10/h3-4,7,9-11,13H,5-6,8H2,1-2H3/t9-,11?/m1/s1. The van der Waals surface area contributed by atoms with E-state index in [-0.39, 0.29) is 6.04 Å². The van der Waals surface area contributed by atoms with E-state index >= 15 is 0 Å². The molecule has 1 aromatic heterocycles. The largest absolute Gasteiger partial charge is 0.468 e. The third kappa shape index (κ3) is 2.83. The molecule has 0 amide bonds. The summed E-state index contributed by atoms with van der Waals surface area (Å²) in [5.74, 6) is 1.79. The van der Waals surface area contributed by atoms with Gasteiger partial charge in [0.15, 0.2) is 0 Å². The number of rotatable bonds is 6. The van der Waals surface area contributed by atoms with E-state index < -0.39 is 0 Å². The van der Waals surface area contributed by atoms with Crippen LogP contribution in [0.2, 0.25) is 0 Å². The molecule has 0 aliphatic heterocycles. The van der Waals surface area contributed by atoms with Crippen molar-refractivity contribution in [3.63, 3.8) is 0 Å². The topological polar surface area (TPSA) is 34.4 Å². The molecule has 1 unspecified atom stereocenters. The van der Waals surface area contributed by atoms with Crippen molar-refractivity contribution in [1.82, 2.24) is 5.32 Å². The zero-order valence-electron chi connectivity index (χ0n) is 9.40. The molecule has 1 aromatic rings. The molecule has 3 nitrogen and oxygen atoms in total. The Morgan fingerprint density at radius 2 is 2.40 bits per heavy atom. The molecule has 0 radical (unpaired) electrons.